The van der Waals surface area contributed by atoms with Gasteiger partial charge in [-0.3, -0.25) is 4.90 Å². The van der Waals surface area contributed by atoms with Crippen LogP contribution in [0.3, 0.4) is 0 Å². The summed E-state index contributed by atoms with van der Waals surface area (Å²) < 4.78 is 6.54. The summed E-state index contributed by atoms with van der Waals surface area (Å²) in [5.74, 6) is 0.263. The average Bonchev–Trinajstić information content (AvgIpc) is 3.21. The lowest BCUT2D eigenvalue weighted by Gasteiger charge is -2.47. The normalized spacial score (nSPS) is 31.8. The van der Waals surface area contributed by atoms with Gasteiger partial charge in [0, 0.05) is 36.3 Å². The first-order valence-electron chi connectivity index (χ1n) is 12.0. The van der Waals surface area contributed by atoms with Gasteiger partial charge in [0.05, 0.1) is 18.2 Å². The van der Waals surface area contributed by atoms with Gasteiger partial charge in [-0.2, -0.15) is 0 Å². The number of hydrogen-bond acceptors (Lipinski definition) is 4. The predicted octanol–water partition coefficient (Wildman–Crippen LogP) is 4.98. The Morgan fingerprint density at radius 3 is 2.68 bits per heavy atom. The molecule has 1 N–H and O–H groups in total. The molecule has 2 aliphatic heterocycles. The van der Waals surface area contributed by atoms with Crippen LogP contribution in [0.25, 0.3) is 0 Å². The Bertz CT molecular complexity index is 778. The monoisotopic (exact) mass is 444 g/mol. The highest BCUT2D eigenvalue weighted by atomic mass is 35.5. The Kier molecular flexibility index (Phi) is 7.76. The van der Waals surface area contributed by atoms with Gasteiger partial charge in [0.15, 0.2) is 0 Å². The number of nitrogens with zero attached hydrogens (tertiary/aromatic N) is 2. The maximum absolute atomic E-state index is 11.2. The molecule has 1 saturated heterocycles. The van der Waals surface area contributed by atoms with Crippen molar-refractivity contribution in [2.45, 2.75) is 75.7 Å². The fourth-order valence-electron chi connectivity index (χ4n) is 5.53. The molecule has 1 aromatic rings. The Morgan fingerprint density at radius 1 is 1.16 bits per heavy atom. The summed E-state index contributed by atoms with van der Waals surface area (Å²) >= 11 is 6.15. The molecule has 0 amide bonds. The zero-order valence-electron chi connectivity index (χ0n) is 18.9. The third-order valence-corrected chi connectivity index (χ3v) is 7.49. The van der Waals surface area contributed by atoms with Crippen molar-refractivity contribution in [3.63, 3.8) is 0 Å². The molecule has 1 saturated carbocycles. The minimum atomic E-state index is -0.388. The molecule has 170 valence electrons. The van der Waals surface area contributed by atoms with Crippen LogP contribution in [0.15, 0.2) is 48.2 Å². The van der Waals surface area contributed by atoms with Crippen molar-refractivity contribution in [1.82, 2.24) is 9.80 Å². The minimum Gasteiger partial charge on any atom is -0.391 e. The van der Waals surface area contributed by atoms with E-state index in [0.29, 0.717) is 6.04 Å². The topological polar surface area (TPSA) is 35.9 Å². The molecule has 0 aromatic heterocycles. The van der Waals surface area contributed by atoms with E-state index in [0.717, 1.165) is 50.4 Å². The summed E-state index contributed by atoms with van der Waals surface area (Å²) in [5, 5.41) is 11.9. The highest BCUT2D eigenvalue weighted by Crippen LogP contribution is 2.39. The lowest BCUT2D eigenvalue weighted by atomic mass is 9.76. The molecule has 31 heavy (non-hydrogen) atoms. The lowest BCUT2D eigenvalue weighted by Crippen LogP contribution is -2.55. The van der Waals surface area contributed by atoms with Crippen LogP contribution in [0.5, 0.6) is 0 Å². The zero-order chi connectivity index (χ0) is 21.8. The number of aliphatic hydroxyl groups is 1. The fraction of sp³-hybridized carbons (Fsp3) is 0.615. The first-order chi connectivity index (χ1) is 15.1. The molecule has 1 aliphatic carbocycles. The van der Waals surface area contributed by atoms with Crippen LogP contribution in [-0.4, -0.2) is 65.9 Å². The summed E-state index contributed by atoms with van der Waals surface area (Å²) in [6.45, 7) is 4.90. The largest absolute Gasteiger partial charge is 0.391 e. The number of likely N-dealkylation sites (N-methyl/N-ethyl adjacent to an activating group) is 1. The molecule has 0 bridgehead atoms. The van der Waals surface area contributed by atoms with Gasteiger partial charge in [0.25, 0.3) is 0 Å². The molecule has 1 aromatic carbocycles. The zero-order valence-corrected chi connectivity index (χ0v) is 19.7. The number of hydrogen-bond donors (Lipinski definition) is 1. The number of aliphatic hydroxyl groups excluding tert-OH is 1. The second-order valence-corrected chi connectivity index (χ2v) is 9.79. The van der Waals surface area contributed by atoms with E-state index in [4.69, 9.17) is 16.3 Å². The van der Waals surface area contributed by atoms with Gasteiger partial charge in [-0.15, -0.1) is 0 Å². The Morgan fingerprint density at radius 2 is 1.97 bits per heavy atom. The molecule has 3 unspecified atom stereocenters. The van der Waals surface area contributed by atoms with E-state index in [1.807, 2.05) is 12.1 Å². The van der Waals surface area contributed by atoms with Crippen LogP contribution in [0.1, 0.15) is 56.9 Å². The Balaban J connectivity index is 1.61. The van der Waals surface area contributed by atoms with Crippen LogP contribution in [0.2, 0.25) is 5.02 Å². The molecule has 3 aliphatic rings. The van der Waals surface area contributed by atoms with Crippen molar-refractivity contribution in [1.29, 1.82) is 0 Å². The molecule has 0 spiro atoms. The van der Waals surface area contributed by atoms with Crippen LogP contribution in [-0.2, 0) is 4.74 Å². The molecule has 0 radical (unpaired) electrons. The quantitative estimate of drug-likeness (QED) is 0.601. The summed E-state index contributed by atoms with van der Waals surface area (Å²) in [7, 11) is 2.22. The van der Waals surface area contributed by atoms with E-state index in [1.54, 1.807) is 0 Å². The number of unbranched alkanes of at least 4 members (excludes halogenated alkanes) is 1. The van der Waals surface area contributed by atoms with Crippen molar-refractivity contribution < 1.29 is 9.84 Å². The van der Waals surface area contributed by atoms with Gasteiger partial charge in [-0.25, -0.2) is 0 Å². The van der Waals surface area contributed by atoms with E-state index < -0.39 is 0 Å². The molecule has 4 nitrogen and oxygen atoms in total. The fourth-order valence-corrected chi connectivity index (χ4v) is 5.66. The maximum atomic E-state index is 11.2. The molecule has 5 heteroatoms. The third-order valence-electron chi connectivity index (χ3n) is 7.24. The van der Waals surface area contributed by atoms with Gasteiger partial charge in [-0.1, -0.05) is 49.2 Å². The van der Waals surface area contributed by atoms with Crippen LogP contribution in [0, 0.1) is 0 Å². The standard InChI is InChI=1S/C26H37ClN2O2/c1-3-4-17-31-26-22(19-9-11-21(27)12-10-19)13-14-24(30)25(26)29-16-5-7-20(18-29)23-8-6-15-28(23)2/h5,7,9-12,18,22-26,30H,3-4,6,8,13-17H2,1-2H3/t22?,23?,24-,25-,26?/m1/s1. The molecule has 5 atom stereocenters. The van der Waals surface area contributed by atoms with Crippen molar-refractivity contribution in [2.24, 2.45) is 0 Å². The SMILES string of the molecule is CCCCOC1C(c2ccc(Cl)cc2)CC[C@@H](O)[C@H]1N1C=C(C2CCCN2C)C=CC1. The van der Waals surface area contributed by atoms with Crippen LogP contribution >= 0.6 is 11.6 Å². The number of ether oxygens (including phenoxy) is 1. The first kappa shape index (κ1) is 22.8. The second kappa shape index (κ2) is 10.5. The number of likely N-dealkylation sites (tertiary alicyclic amines) is 1. The van der Waals surface area contributed by atoms with E-state index in [9.17, 15) is 5.11 Å². The van der Waals surface area contributed by atoms with Crippen LogP contribution in [0.4, 0.5) is 0 Å². The van der Waals surface area contributed by atoms with Gasteiger partial charge in [-0.05, 0) is 69.0 Å². The minimum absolute atomic E-state index is 0.0400. The third kappa shape index (κ3) is 5.19. The number of rotatable bonds is 7. The summed E-state index contributed by atoms with van der Waals surface area (Å²) in [5.41, 5.74) is 2.62. The van der Waals surface area contributed by atoms with E-state index >= 15 is 0 Å². The summed E-state index contributed by atoms with van der Waals surface area (Å²) in [6, 6.07) is 8.63. The van der Waals surface area contributed by atoms with Gasteiger partial charge in [0.2, 0.25) is 0 Å². The molecule has 2 fully saturated rings. The second-order valence-electron chi connectivity index (χ2n) is 9.35. The van der Waals surface area contributed by atoms with E-state index in [1.165, 1.54) is 24.0 Å². The van der Waals surface area contributed by atoms with Gasteiger partial charge in [0.1, 0.15) is 0 Å². The van der Waals surface area contributed by atoms with Crippen molar-refractivity contribution in [3.05, 3.63) is 58.8 Å². The van der Waals surface area contributed by atoms with E-state index in [2.05, 4.69) is 54.3 Å². The molecular weight excluding hydrogens is 408 g/mol. The highest BCUT2D eigenvalue weighted by Gasteiger charge is 2.43. The van der Waals surface area contributed by atoms with Gasteiger partial charge < -0.3 is 14.7 Å². The maximum Gasteiger partial charge on any atom is 0.0871 e. The molecule has 4 rings (SSSR count). The smallest absolute Gasteiger partial charge is 0.0871 e. The molecular formula is C26H37ClN2O2. The Hall–Kier alpha value is -1.33. The van der Waals surface area contributed by atoms with Gasteiger partial charge >= 0.3 is 0 Å². The Labute approximate surface area is 192 Å². The summed E-state index contributed by atoms with van der Waals surface area (Å²) in [6.07, 6.45) is 12.7. The van der Waals surface area contributed by atoms with Crippen molar-refractivity contribution in [2.75, 3.05) is 26.7 Å². The number of halogens is 1. The van der Waals surface area contributed by atoms with Crippen molar-refractivity contribution in [3.8, 4) is 0 Å². The first-order valence-corrected chi connectivity index (χ1v) is 12.4. The lowest BCUT2D eigenvalue weighted by molar-refractivity contribution is -0.0857. The van der Waals surface area contributed by atoms with E-state index in [-0.39, 0.29) is 24.2 Å². The number of benzene rings is 1. The molecule has 2 heterocycles. The van der Waals surface area contributed by atoms with Crippen LogP contribution < -0.4 is 0 Å². The average molecular weight is 445 g/mol. The predicted molar refractivity (Wildman–Crippen MR) is 127 cm³/mol. The highest BCUT2D eigenvalue weighted by molar-refractivity contribution is 6.30. The summed E-state index contributed by atoms with van der Waals surface area (Å²) in [4.78, 5) is 4.80. The van der Waals surface area contributed by atoms with Crippen molar-refractivity contribution >= 4 is 11.6 Å².